The van der Waals surface area contributed by atoms with Crippen LogP contribution in [0.1, 0.15) is 38.3 Å². The summed E-state index contributed by atoms with van der Waals surface area (Å²) in [5.41, 5.74) is 11.1. The number of hydrogen-bond donors (Lipinski definition) is 2. The second-order valence-electron chi connectivity index (χ2n) is 3.77. The molecule has 18 heavy (non-hydrogen) atoms. The average Bonchev–Trinajstić information content (AvgIpc) is 2.74. The lowest BCUT2D eigenvalue weighted by atomic mass is 10.2. The van der Waals surface area contributed by atoms with Crippen molar-refractivity contribution in [2.45, 2.75) is 32.6 Å². The quantitative estimate of drug-likeness (QED) is 0.424. The number of nitrogens with zero attached hydrogens (tertiary/aromatic N) is 2. The number of anilines is 1. The second-order valence-corrected chi connectivity index (χ2v) is 4.66. The van der Waals surface area contributed by atoms with E-state index in [1.165, 1.54) is 17.8 Å². The van der Waals surface area contributed by atoms with Crippen molar-refractivity contribution in [2.75, 3.05) is 12.3 Å². The Morgan fingerprint density at radius 1 is 1.50 bits per heavy atom. The first-order valence-electron chi connectivity index (χ1n) is 5.86. The Bertz CT molecular complexity index is 417. The van der Waals surface area contributed by atoms with Crippen LogP contribution >= 0.6 is 11.3 Å². The molecule has 0 aliphatic rings. The number of carbonyl (C=O) groups excluding carboxylic acids is 1. The minimum atomic E-state index is -0.672. The monoisotopic (exact) mass is 270 g/mol. The number of primary amides is 1. The van der Waals surface area contributed by atoms with Gasteiger partial charge in [-0.1, -0.05) is 24.9 Å². The maximum Gasteiger partial charge on any atom is 0.273 e. The number of unbranched alkanes of at least 4 members (excludes halogenated alkanes) is 3. The minimum absolute atomic E-state index is 0.0124. The Morgan fingerprint density at radius 2 is 2.28 bits per heavy atom. The predicted molar refractivity (Wildman–Crippen MR) is 72.4 cm³/mol. The highest BCUT2D eigenvalue weighted by Crippen LogP contribution is 2.12. The first kappa shape index (κ1) is 14.4. The van der Waals surface area contributed by atoms with Gasteiger partial charge < -0.3 is 16.3 Å². The van der Waals surface area contributed by atoms with Gasteiger partial charge in [0.1, 0.15) is 12.3 Å². The van der Waals surface area contributed by atoms with Crippen LogP contribution in [-0.2, 0) is 9.63 Å². The molecule has 0 aliphatic heterocycles. The van der Waals surface area contributed by atoms with Gasteiger partial charge in [0.05, 0.1) is 0 Å². The molecular formula is C11H18N4O2S. The number of oxime groups is 1. The van der Waals surface area contributed by atoms with E-state index in [1.807, 2.05) is 0 Å². The summed E-state index contributed by atoms with van der Waals surface area (Å²) in [5, 5.41) is 5.72. The number of carbonyl (C=O) groups is 1. The molecule has 6 nitrogen and oxygen atoms in total. The average molecular weight is 270 g/mol. The highest BCUT2D eigenvalue weighted by molar-refractivity contribution is 7.13. The van der Waals surface area contributed by atoms with E-state index >= 15 is 0 Å². The molecule has 0 bridgehead atoms. The van der Waals surface area contributed by atoms with Gasteiger partial charge in [-0.3, -0.25) is 4.79 Å². The molecule has 0 saturated heterocycles. The van der Waals surface area contributed by atoms with Gasteiger partial charge in [0.2, 0.25) is 0 Å². The summed E-state index contributed by atoms with van der Waals surface area (Å²) in [5.74, 6) is -0.672. The van der Waals surface area contributed by atoms with Crippen LogP contribution in [0.3, 0.4) is 0 Å². The third-order valence-electron chi connectivity index (χ3n) is 2.24. The van der Waals surface area contributed by atoms with Crippen LogP contribution in [0.4, 0.5) is 5.13 Å². The number of amides is 1. The molecule has 7 heteroatoms. The molecule has 1 amide bonds. The second kappa shape index (κ2) is 7.65. The largest absolute Gasteiger partial charge is 0.395 e. The molecule has 0 unspecified atom stereocenters. The van der Waals surface area contributed by atoms with Crippen molar-refractivity contribution in [1.82, 2.24) is 4.98 Å². The Morgan fingerprint density at radius 3 is 2.83 bits per heavy atom. The molecule has 0 radical (unpaired) electrons. The van der Waals surface area contributed by atoms with Crippen LogP contribution in [0.15, 0.2) is 10.5 Å². The van der Waals surface area contributed by atoms with Crippen LogP contribution in [0.25, 0.3) is 0 Å². The fourth-order valence-electron chi connectivity index (χ4n) is 1.32. The summed E-state index contributed by atoms with van der Waals surface area (Å²) in [6.07, 6.45) is 4.32. The van der Waals surface area contributed by atoms with E-state index < -0.39 is 5.91 Å². The Labute approximate surface area is 110 Å². The molecule has 0 saturated carbocycles. The predicted octanol–water partition coefficient (Wildman–Crippen LogP) is 1.51. The van der Waals surface area contributed by atoms with Crippen molar-refractivity contribution in [1.29, 1.82) is 0 Å². The van der Waals surface area contributed by atoms with Gasteiger partial charge in [-0.25, -0.2) is 4.98 Å². The topological polar surface area (TPSA) is 104 Å². The van der Waals surface area contributed by atoms with Crippen molar-refractivity contribution >= 4 is 28.1 Å². The lowest BCUT2D eigenvalue weighted by molar-refractivity contribution is -0.112. The maximum absolute atomic E-state index is 11.2. The maximum atomic E-state index is 11.2. The van der Waals surface area contributed by atoms with Gasteiger partial charge in [0.25, 0.3) is 5.91 Å². The number of thiazole rings is 1. The molecule has 0 fully saturated rings. The Balaban J connectivity index is 2.50. The zero-order chi connectivity index (χ0) is 13.4. The van der Waals surface area contributed by atoms with Gasteiger partial charge >= 0.3 is 0 Å². The van der Waals surface area contributed by atoms with Gasteiger partial charge in [0, 0.05) is 5.38 Å². The third-order valence-corrected chi connectivity index (χ3v) is 2.92. The van der Waals surface area contributed by atoms with Crippen LogP contribution in [-0.4, -0.2) is 23.2 Å². The van der Waals surface area contributed by atoms with Crippen molar-refractivity contribution in [3.8, 4) is 0 Å². The zero-order valence-electron chi connectivity index (χ0n) is 10.4. The van der Waals surface area contributed by atoms with E-state index in [-0.39, 0.29) is 5.71 Å². The highest BCUT2D eigenvalue weighted by Gasteiger charge is 2.14. The molecule has 0 spiro atoms. The molecule has 100 valence electrons. The van der Waals surface area contributed by atoms with E-state index in [4.69, 9.17) is 16.3 Å². The highest BCUT2D eigenvalue weighted by atomic mass is 32.1. The summed E-state index contributed by atoms with van der Waals surface area (Å²) in [7, 11) is 0. The van der Waals surface area contributed by atoms with Gasteiger partial charge in [0.15, 0.2) is 10.8 Å². The first-order chi connectivity index (χ1) is 8.65. The third kappa shape index (κ3) is 4.70. The molecule has 1 aromatic rings. The summed E-state index contributed by atoms with van der Waals surface area (Å²) in [4.78, 5) is 20.2. The molecule has 1 rings (SSSR count). The standard InChI is InChI=1S/C11H18N4O2S/c1-2-3-4-5-6-17-15-9(10(12)16)8-7-18-11(13)14-8/h7H,2-6H2,1H3,(H2,12,16)(H2,13,14). The van der Waals surface area contributed by atoms with Crippen LogP contribution in [0, 0.1) is 0 Å². The summed E-state index contributed by atoms with van der Waals surface area (Å²) >= 11 is 1.22. The smallest absolute Gasteiger partial charge is 0.273 e. The van der Waals surface area contributed by atoms with E-state index in [0.29, 0.717) is 17.4 Å². The number of aromatic nitrogens is 1. The fraction of sp³-hybridized carbons (Fsp3) is 0.545. The van der Waals surface area contributed by atoms with E-state index in [1.54, 1.807) is 5.38 Å². The van der Waals surface area contributed by atoms with Crippen molar-refractivity contribution in [2.24, 2.45) is 10.9 Å². The molecule has 1 aromatic heterocycles. The SMILES string of the molecule is CCCCCCON=C(C(N)=O)c1csc(N)n1. The van der Waals surface area contributed by atoms with Crippen molar-refractivity contribution in [3.63, 3.8) is 0 Å². The van der Waals surface area contributed by atoms with Gasteiger partial charge in [-0.05, 0) is 12.8 Å². The van der Waals surface area contributed by atoms with Crippen molar-refractivity contribution in [3.05, 3.63) is 11.1 Å². The summed E-state index contributed by atoms with van der Waals surface area (Å²) in [6.45, 7) is 2.60. The molecule has 0 aliphatic carbocycles. The normalized spacial score (nSPS) is 11.5. The Hall–Kier alpha value is -1.63. The van der Waals surface area contributed by atoms with Gasteiger partial charge in [-0.2, -0.15) is 0 Å². The number of nitrogens with two attached hydrogens (primary N) is 2. The van der Waals surface area contributed by atoms with Crippen LogP contribution in [0.5, 0.6) is 0 Å². The lowest BCUT2D eigenvalue weighted by Crippen LogP contribution is -2.25. The molecule has 4 N–H and O–H groups in total. The van der Waals surface area contributed by atoms with E-state index in [0.717, 1.165) is 19.3 Å². The van der Waals surface area contributed by atoms with E-state index in [2.05, 4.69) is 17.1 Å². The number of nitrogen functional groups attached to an aromatic ring is 1. The molecule has 0 atom stereocenters. The zero-order valence-corrected chi connectivity index (χ0v) is 11.2. The van der Waals surface area contributed by atoms with Gasteiger partial charge in [-0.15, -0.1) is 11.3 Å². The van der Waals surface area contributed by atoms with Crippen molar-refractivity contribution < 1.29 is 9.63 Å². The van der Waals surface area contributed by atoms with Crippen LogP contribution < -0.4 is 11.5 Å². The summed E-state index contributed by atoms with van der Waals surface area (Å²) < 4.78 is 0. The fourth-order valence-corrected chi connectivity index (χ4v) is 1.87. The molecule has 0 aromatic carbocycles. The number of hydrogen-bond acceptors (Lipinski definition) is 6. The van der Waals surface area contributed by atoms with E-state index in [9.17, 15) is 4.79 Å². The first-order valence-corrected chi connectivity index (χ1v) is 6.74. The number of rotatable bonds is 8. The molecule has 1 heterocycles. The molecular weight excluding hydrogens is 252 g/mol. The minimum Gasteiger partial charge on any atom is -0.395 e. The lowest BCUT2D eigenvalue weighted by Gasteiger charge is -2.01. The Kier molecular flexibility index (Phi) is 6.13. The summed E-state index contributed by atoms with van der Waals surface area (Å²) in [6, 6.07) is 0. The van der Waals surface area contributed by atoms with Crippen LogP contribution in [0.2, 0.25) is 0 Å².